The zero-order valence-corrected chi connectivity index (χ0v) is 14.2. The van der Waals surface area contributed by atoms with Crippen molar-refractivity contribution in [2.45, 2.75) is 46.0 Å². The normalized spacial score (nSPS) is 14.8. The fourth-order valence-electron chi connectivity index (χ4n) is 2.45. The van der Waals surface area contributed by atoms with Gasteiger partial charge in [-0.15, -0.1) is 5.10 Å². The molecule has 0 atom stereocenters. The highest BCUT2D eigenvalue weighted by molar-refractivity contribution is 5.86. The number of hydrogen-bond acceptors (Lipinski definition) is 4. The smallest absolute Gasteiger partial charge is 0.336 e. The van der Waals surface area contributed by atoms with Gasteiger partial charge in [-0.2, -0.15) is 9.67 Å². The van der Waals surface area contributed by atoms with Gasteiger partial charge in [0.25, 0.3) is 5.91 Å². The van der Waals surface area contributed by atoms with Crippen LogP contribution in [0.3, 0.4) is 0 Å². The lowest BCUT2D eigenvalue weighted by atomic mass is 9.87. The molecule has 23 heavy (non-hydrogen) atoms. The summed E-state index contributed by atoms with van der Waals surface area (Å²) in [6, 6.07) is 8.41. The van der Waals surface area contributed by atoms with Gasteiger partial charge in [0.15, 0.2) is 5.82 Å². The van der Waals surface area contributed by atoms with Crippen molar-refractivity contribution in [1.29, 1.82) is 0 Å². The molecular weight excluding hydrogens is 290 g/mol. The Morgan fingerprint density at radius 2 is 1.91 bits per heavy atom. The first-order valence-electron chi connectivity index (χ1n) is 8.15. The molecule has 0 saturated heterocycles. The number of nitrogens with zero attached hydrogens (tertiary/aromatic N) is 3. The molecule has 0 amide bonds. The van der Waals surface area contributed by atoms with Crippen LogP contribution >= 0.6 is 0 Å². The molecule has 1 aromatic carbocycles. The molecule has 1 saturated carbocycles. The van der Waals surface area contributed by atoms with Crippen LogP contribution in [0.15, 0.2) is 24.3 Å². The monoisotopic (exact) mass is 313 g/mol. The molecule has 2 aromatic rings. The third-order valence-corrected chi connectivity index (χ3v) is 4.01. The minimum atomic E-state index is 0.0124. The number of hydrogen-bond donors (Lipinski definition) is 0. The SMILES string of the molecule is CCOc1nc(-c2ccc(C(C)(C)C)cc2)n(C(=O)C2CC2)n1. The van der Waals surface area contributed by atoms with Gasteiger partial charge in [0.1, 0.15) is 0 Å². The van der Waals surface area contributed by atoms with Crippen molar-refractivity contribution in [3.05, 3.63) is 29.8 Å². The van der Waals surface area contributed by atoms with Gasteiger partial charge in [0.2, 0.25) is 0 Å². The van der Waals surface area contributed by atoms with Crippen molar-refractivity contribution in [2.24, 2.45) is 5.92 Å². The van der Waals surface area contributed by atoms with Gasteiger partial charge in [-0.25, -0.2) is 0 Å². The lowest BCUT2D eigenvalue weighted by Crippen LogP contribution is -2.16. The molecule has 0 bridgehead atoms. The van der Waals surface area contributed by atoms with E-state index < -0.39 is 0 Å². The van der Waals surface area contributed by atoms with Crippen LogP contribution in [-0.2, 0) is 5.41 Å². The van der Waals surface area contributed by atoms with Crippen LogP contribution in [0.1, 0.15) is 50.9 Å². The molecule has 1 aliphatic carbocycles. The second-order valence-corrected chi connectivity index (χ2v) is 7.00. The predicted molar refractivity (Wildman–Crippen MR) is 88.7 cm³/mol. The van der Waals surface area contributed by atoms with E-state index in [1.54, 1.807) is 0 Å². The van der Waals surface area contributed by atoms with Crippen LogP contribution < -0.4 is 4.74 Å². The molecule has 1 aromatic heterocycles. The van der Waals surface area contributed by atoms with Crippen LogP contribution in [0.25, 0.3) is 11.4 Å². The van der Waals surface area contributed by atoms with Crippen LogP contribution in [0.4, 0.5) is 0 Å². The van der Waals surface area contributed by atoms with E-state index in [9.17, 15) is 4.79 Å². The summed E-state index contributed by atoms with van der Waals surface area (Å²) in [5, 5.41) is 4.24. The van der Waals surface area contributed by atoms with E-state index in [1.165, 1.54) is 10.2 Å². The average Bonchev–Trinajstić information content (AvgIpc) is 3.27. The van der Waals surface area contributed by atoms with E-state index in [2.05, 4.69) is 43.0 Å². The summed E-state index contributed by atoms with van der Waals surface area (Å²) in [6.07, 6.45) is 1.87. The summed E-state index contributed by atoms with van der Waals surface area (Å²) in [5.74, 6) is 0.655. The number of benzene rings is 1. The van der Waals surface area contributed by atoms with Gasteiger partial charge in [-0.1, -0.05) is 45.0 Å². The molecule has 3 rings (SSSR count). The third kappa shape index (κ3) is 3.28. The maximum atomic E-state index is 12.4. The minimum Gasteiger partial charge on any atom is -0.463 e. The van der Waals surface area contributed by atoms with Gasteiger partial charge in [0, 0.05) is 11.5 Å². The number of ether oxygens (including phenoxy) is 1. The minimum absolute atomic E-state index is 0.0124. The van der Waals surface area contributed by atoms with Gasteiger partial charge >= 0.3 is 6.01 Å². The average molecular weight is 313 g/mol. The molecule has 0 aliphatic heterocycles. The Morgan fingerprint density at radius 3 is 2.43 bits per heavy atom. The van der Waals surface area contributed by atoms with Gasteiger partial charge in [-0.3, -0.25) is 4.79 Å². The summed E-state index contributed by atoms with van der Waals surface area (Å²) in [6.45, 7) is 8.88. The number of carbonyl (C=O) groups is 1. The van der Waals surface area contributed by atoms with Gasteiger partial charge in [-0.05, 0) is 30.7 Å². The van der Waals surface area contributed by atoms with Crippen LogP contribution in [0.5, 0.6) is 6.01 Å². The van der Waals surface area contributed by atoms with Crippen LogP contribution in [0.2, 0.25) is 0 Å². The number of carbonyl (C=O) groups excluding carboxylic acids is 1. The Labute approximate surface area is 136 Å². The Balaban J connectivity index is 1.98. The quantitative estimate of drug-likeness (QED) is 0.863. The second kappa shape index (κ2) is 5.80. The van der Waals surface area contributed by atoms with E-state index in [0.717, 1.165) is 18.4 Å². The molecule has 1 fully saturated rings. The first-order valence-corrected chi connectivity index (χ1v) is 8.15. The van der Waals surface area contributed by atoms with Crippen molar-refractivity contribution in [2.75, 3.05) is 6.61 Å². The first-order chi connectivity index (χ1) is 10.9. The van der Waals surface area contributed by atoms with Gasteiger partial charge in [0.05, 0.1) is 6.61 Å². The Morgan fingerprint density at radius 1 is 1.26 bits per heavy atom. The molecular formula is C18H23N3O2. The van der Waals surface area contributed by atoms with Crippen molar-refractivity contribution in [3.8, 4) is 17.4 Å². The van der Waals surface area contributed by atoms with Crippen LogP contribution in [0, 0.1) is 5.92 Å². The molecule has 0 radical (unpaired) electrons. The van der Waals surface area contributed by atoms with Gasteiger partial charge < -0.3 is 4.74 Å². The Bertz CT molecular complexity index is 707. The topological polar surface area (TPSA) is 57.0 Å². The zero-order chi connectivity index (χ0) is 16.6. The van der Waals surface area contributed by atoms with E-state index in [0.29, 0.717) is 12.4 Å². The molecule has 1 aliphatic rings. The summed E-state index contributed by atoms with van der Waals surface area (Å²) in [4.78, 5) is 16.9. The molecule has 0 N–H and O–H groups in total. The lowest BCUT2D eigenvalue weighted by molar-refractivity contribution is 0.0870. The molecule has 5 heteroatoms. The standard InChI is InChI=1S/C18H23N3O2/c1-5-23-17-19-15(21(20-17)16(22)13-6-7-13)12-8-10-14(11-9-12)18(2,3)4/h8-11,13H,5-7H2,1-4H3. The summed E-state index contributed by atoms with van der Waals surface area (Å²) in [5.41, 5.74) is 2.21. The predicted octanol–water partition coefficient (Wildman–Crippen LogP) is 3.69. The Kier molecular flexibility index (Phi) is 3.96. The van der Waals surface area contributed by atoms with E-state index in [4.69, 9.17) is 4.74 Å². The fraction of sp³-hybridized carbons (Fsp3) is 0.500. The highest BCUT2D eigenvalue weighted by Gasteiger charge is 2.33. The first kappa shape index (κ1) is 15.7. The molecule has 0 unspecified atom stereocenters. The highest BCUT2D eigenvalue weighted by atomic mass is 16.5. The van der Waals surface area contributed by atoms with Crippen molar-refractivity contribution in [1.82, 2.24) is 14.8 Å². The van der Waals surface area contributed by atoms with Crippen molar-refractivity contribution >= 4 is 5.91 Å². The highest BCUT2D eigenvalue weighted by Crippen LogP contribution is 2.33. The summed E-state index contributed by atoms with van der Waals surface area (Å²) < 4.78 is 6.79. The van der Waals surface area contributed by atoms with Crippen LogP contribution in [-0.4, -0.2) is 27.3 Å². The van der Waals surface area contributed by atoms with E-state index in [1.807, 2.05) is 19.1 Å². The summed E-state index contributed by atoms with van der Waals surface area (Å²) >= 11 is 0. The van der Waals surface area contributed by atoms with Crippen molar-refractivity contribution < 1.29 is 9.53 Å². The maximum Gasteiger partial charge on any atom is 0.336 e. The lowest BCUT2D eigenvalue weighted by Gasteiger charge is -2.19. The molecule has 5 nitrogen and oxygen atoms in total. The van der Waals surface area contributed by atoms with Crippen molar-refractivity contribution in [3.63, 3.8) is 0 Å². The molecule has 1 heterocycles. The summed E-state index contributed by atoms with van der Waals surface area (Å²) in [7, 11) is 0. The number of aromatic nitrogens is 3. The molecule has 0 spiro atoms. The Hall–Kier alpha value is -2.17. The number of rotatable bonds is 4. The maximum absolute atomic E-state index is 12.4. The third-order valence-electron chi connectivity index (χ3n) is 4.01. The largest absolute Gasteiger partial charge is 0.463 e. The van der Waals surface area contributed by atoms with E-state index >= 15 is 0 Å². The molecule has 122 valence electrons. The van der Waals surface area contributed by atoms with E-state index in [-0.39, 0.29) is 23.3 Å². The zero-order valence-electron chi connectivity index (χ0n) is 14.2. The fourth-order valence-corrected chi connectivity index (χ4v) is 2.45. The second-order valence-electron chi connectivity index (χ2n) is 7.00.